The SMILES string of the molecule is Cc1cc(C)cc(NC(=O)c2cc(C(=O)Nc3ccccc3Cl)ccn2)c1. The first-order valence-electron chi connectivity index (χ1n) is 8.34. The van der Waals surface area contributed by atoms with Crippen LogP contribution in [0.4, 0.5) is 11.4 Å². The van der Waals surface area contributed by atoms with Crippen molar-refractivity contribution < 1.29 is 9.59 Å². The van der Waals surface area contributed by atoms with Crippen LogP contribution in [0.1, 0.15) is 32.0 Å². The van der Waals surface area contributed by atoms with Crippen molar-refractivity contribution in [3.8, 4) is 0 Å². The van der Waals surface area contributed by atoms with E-state index >= 15 is 0 Å². The van der Waals surface area contributed by atoms with E-state index in [0.717, 1.165) is 11.1 Å². The molecule has 0 unspecified atom stereocenters. The molecule has 1 heterocycles. The average Bonchev–Trinajstić information content (AvgIpc) is 2.63. The molecule has 6 heteroatoms. The molecule has 27 heavy (non-hydrogen) atoms. The summed E-state index contributed by atoms with van der Waals surface area (Å²) >= 11 is 6.06. The minimum absolute atomic E-state index is 0.154. The van der Waals surface area contributed by atoms with Gasteiger partial charge in [0.15, 0.2) is 0 Å². The summed E-state index contributed by atoms with van der Waals surface area (Å²) in [6.45, 7) is 3.92. The Morgan fingerprint density at radius 2 is 1.59 bits per heavy atom. The Hall–Kier alpha value is -3.18. The molecule has 0 bridgehead atoms. The zero-order chi connectivity index (χ0) is 19.4. The Labute approximate surface area is 162 Å². The summed E-state index contributed by atoms with van der Waals surface area (Å²) < 4.78 is 0. The van der Waals surface area contributed by atoms with Gasteiger partial charge in [-0.1, -0.05) is 29.8 Å². The fourth-order valence-corrected chi connectivity index (χ4v) is 2.88. The third-order valence-corrected chi connectivity index (χ3v) is 4.19. The largest absolute Gasteiger partial charge is 0.321 e. The van der Waals surface area contributed by atoms with Crippen LogP contribution in [0.5, 0.6) is 0 Å². The summed E-state index contributed by atoms with van der Waals surface area (Å²) in [7, 11) is 0. The molecular weight excluding hydrogens is 362 g/mol. The number of nitrogens with one attached hydrogen (secondary N) is 2. The van der Waals surface area contributed by atoms with Crippen LogP contribution in [0.15, 0.2) is 60.8 Å². The van der Waals surface area contributed by atoms with Crippen molar-refractivity contribution in [3.63, 3.8) is 0 Å². The van der Waals surface area contributed by atoms with Gasteiger partial charge in [0.1, 0.15) is 5.69 Å². The summed E-state index contributed by atoms with van der Waals surface area (Å²) in [5.74, 6) is -0.752. The number of para-hydroxylation sites is 1. The number of carbonyl (C=O) groups excluding carboxylic acids is 2. The molecule has 0 atom stereocenters. The van der Waals surface area contributed by atoms with Crippen LogP contribution < -0.4 is 10.6 Å². The lowest BCUT2D eigenvalue weighted by atomic mass is 10.1. The molecule has 2 amide bonds. The van der Waals surface area contributed by atoms with Gasteiger partial charge in [-0.3, -0.25) is 14.6 Å². The number of halogens is 1. The number of pyridine rings is 1. The number of rotatable bonds is 4. The Morgan fingerprint density at radius 3 is 2.30 bits per heavy atom. The smallest absolute Gasteiger partial charge is 0.274 e. The highest BCUT2D eigenvalue weighted by Crippen LogP contribution is 2.21. The van der Waals surface area contributed by atoms with Crippen molar-refractivity contribution in [3.05, 3.63) is 88.2 Å². The molecule has 0 aliphatic rings. The number of hydrogen-bond acceptors (Lipinski definition) is 3. The number of nitrogens with zero attached hydrogens (tertiary/aromatic N) is 1. The second-order valence-corrected chi connectivity index (χ2v) is 6.60. The first-order chi connectivity index (χ1) is 12.9. The molecule has 0 aliphatic carbocycles. The van der Waals surface area contributed by atoms with Crippen molar-refractivity contribution in [2.75, 3.05) is 10.6 Å². The van der Waals surface area contributed by atoms with Crippen LogP contribution in [0.25, 0.3) is 0 Å². The molecule has 136 valence electrons. The van der Waals surface area contributed by atoms with Crippen LogP contribution in [0, 0.1) is 13.8 Å². The summed E-state index contributed by atoms with van der Waals surface area (Å²) in [5, 5.41) is 5.98. The van der Waals surface area contributed by atoms with Crippen molar-refractivity contribution in [1.82, 2.24) is 4.98 Å². The molecule has 2 N–H and O–H groups in total. The van der Waals surface area contributed by atoms with Crippen LogP contribution in [-0.4, -0.2) is 16.8 Å². The van der Waals surface area contributed by atoms with Crippen LogP contribution in [0.2, 0.25) is 5.02 Å². The van der Waals surface area contributed by atoms with Gasteiger partial charge in [0.25, 0.3) is 11.8 Å². The topological polar surface area (TPSA) is 71.1 Å². The van der Waals surface area contributed by atoms with Crippen molar-refractivity contribution >= 4 is 34.8 Å². The lowest BCUT2D eigenvalue weighted by molar-refractivity contribution is 0.102. The number of carbonyl (C=O) groups is 2. The number of benzene rings is 2. The third kappa shape index (κ3) is 4.71. The van der Waals surface area contributed by atoms with E-state index in [0.29, 0.717) is 22.0 Å². The second kappa shape index (κ2) is 8.01. The summed E-state index contributed by atoms with van der Waals surface area (Å²) in [4.78, 5) is 29.0. The lowest BCUT2D eigenvalue weighted by Crippen LogP contribution is -2.17. The molecule has 0 radical (unpaired) electrons. The Kier molecular flexibility index (Phi) is 5.52. The highest BCUT2D eigenvalue weighted by molar-refractivity contribution is 6.33. The van der Waals surface area contributed by atoms with Crippen molar-refractivity contribution in [1.29, 1.82) is 0 Å². The Balaban J connectivity index is 1.77. The summed E-state index contributed by atoms with van der Waals surface area (Å²) in [5.41, 5.74) is 3.75. The van der Waals surface area contributed by atoms with E-state index in [1.807, 2.05) is 32.0 Å². The van der Waals surface area contributed by atoms with Gasteiger partial charge in [0.2, 0.25) is 0 Å². The van der Waals surface area contributed by atoms with Gasteiger partial charge in [-0.05, 0) is 61.4 Å². The molecule has 3 rings (SSSR count). The van der Waals surface area contributed by atoms with Gasteiger partial charge in [-0.2, -0.15) is 0 Å². The Morgan fingerprint density at radius 1 is 0.889 bits per heavy atom. The van der Waals surface area contributed by atoms with E-state index in [4.69, 9.17) is 11.6 Å². The minimum Gasteiger partial charge on any atom is -0.321 e. The highest BCUT2D eigenvalue weighted by atomic mass is 35.5. The van der Waals surface area contributed by atoms with Gasteiger partial charge < -0.3 is 10.6 Å². The highest BCUT2D eigenvalue weighted by Gasteiger charge is 2.13. The van der Waals surface area contributed by atoms with Gasteiger partial charge in [0.05, 0.1) is 10.7 Å². The van der Waals surface area contributed by atoms with E-state index in [1.165, 1.54) is 12.3 Å². The van der Waals surface area contributed by atoms with Gasteiger partial charge in [0, 0.05) is 17.4 Å². The van der Waals surface area contributed by atoms with Gasteiger partial charge in [-0.25, -0.2) is 0 Å². The van der Waals surface area contributed by atoms with E-state index in [2.05, 4.69) is 15.6 Å². The maximum atomic E-state index is 12.5. The maximum Gasteiger partial charge on any atom is 0.274 e. The lowest BCUT2D eigenvalue weighted by Gasteiger charge is -2.09. The standard InChI is InChI=1S/C21H18ClN3O2/c1-13-9-14(2)11-16(10-13)24-21(27)19-12-15(7-8-23-19)20(26)25-18-6-4-3-5-17(18)22/h3-12H,1-2H3,(H,24,27)(H,25,26). The van der Waals surface area contributed by atoms with Gasteiger partial charge >= 0.3 is 0 Å². The zero-order valence-corrected chi connectivity index (χ0v) is 15.7. The molecule has 0 saturated carbocycles. The number of anilines is 2. The summed E-state index contributed by atoms with van der Waals surface area (Å²) in [6.07, 6.45) is 1.43. The first-order valence-corrected chi connectivity index (χ1v) is 8.72. The Bertz CT molecular complexity index is 998. The van der Waals surface area contributed by atoms with E-state index in [-0.39, 0.29) is 17.5 Å². The third-order valence-electron chi connectivity index (χ3n) is 3.86. The van der Waals surface area contributed by atoms with Crippen molar-refractivity contribution in [2.24, 2.45) is 0 Å². The molecule has 0 saturated heterocycles. The number of amides is 2. The monoisotopic (exact) mass is 379 g/mol. The fraction of sp³-hybridized carbons (Fsp3) is 0.0952. The number of aromatic nitrogens is 1. The number of aryl methyl sites for hydroxylation is 2. The molecule has 1 aromatic heterocycles. The van der Waals surface area contributed by atoms with Crippen LogP contribution >= 0.6 is 11.6 Å². The molecule has 2 aromatic carbocycles. The summed E-state index contributed by atoms with van der Waals surface area (Å²) in [6, 6.07) is 15.7. The molecular formula is C21H18ClN3O2. The molecule has 0 aliphatic heterocycles. The molecule has 3 aromatic rings. The first kappa shape index (κ1) is 18.6. The van der Waals surface area contributed by atoms with E-state index in [1.54, 1.807) is 30.3 Å². The minimum atomic E-state index is -0.382. The zero-order valence-electron chi connectivity index (χ0n) is 14.9. The van der Waals surface area contributed by atoms with Crippen LogP contribution in [-0.2, 0) is 0 Å². The van der Waals surface area contributed by atoms with E-state index < -0.39 is 0 Å². The second-order valence-electron chi connectivity index (χ2n) is 6.19. The maximum absolute atomic E-state index is 12.5. The predicted molar refractivity (Wildman–Crippen MR) is 108 cm³/mol. The van der Waals surface area contributed by atoms with E-state index in [9.17, 15) is 9.59 Å². The predicted octanol–water partition coefficient (Wildman–Crippen LogP) is 4.86. The van der Waals surface area contributed by atoms with Crippen LogP contribution in [0.3, 0.4) is 0 Å². The molecule has 0 spiro atoms. The molecule has 5 nitrogen and oxygen atoms in total. The van der Waals surface area contributed by atoms with Crippen molar-refractivity contribution in [2.45, 2.75) is 13.8 Å². The molecule has 0 fully saturated rings. The quantitative estimate of drug-likeness (QED) is 0.680. The normalized spacial score (nSPS) is 10.3. The average molecular weight is 380 g/mol. The fourth-order valence-electron chi connectivity index (χ4n) is 2.69. The number of hydrogen-bond donors (Lipinski definition) is 2. The van der Waals surface area contributed by atoms with Gasteiger partial charge in [-0.15, -0.1) is 0 Å².